The molecule has 1 rings (SSSR count). The van der Waals surface area contributed by atoms with E-state index in [1.807, 2.05) is 0 Å². The number of methoxy groups -OCH3 is 1. The molecule has 0 aromatic heterocycles. The third-order valence-electron chi connectivity index (χ3n) is 2.37. The minimum absolute atomic E-state index is 0.0246. The lowest BCUT2D eigenvalue weighted by Crippen LogP contribution is -2.41. The largest absolute Gasteiger partial charge is 0.468 e. The Balaban J connectivity index is 3.10. The molecule has 0 bridgehead atoms. The van der Waals surface area contributed by atoms with E-state index in [9.17, 15) is 13.2 Å². The summed E-state index contributed by atoms with van der Waals surface area (Å²) >= 11 is 11.6. The zero-order valence-electron chi connectivity index (χ0n) is 10.3. The molecule has 0 saturated heterocycles. The highest BCUT2D eigenvalue weighted by atomic mass is 35.5. The summed E-state index contributed by atoms with van der Waals surface area (Å²) in [5.41, 5.74) is 0. The van der Waals surface area contributed by atoms with Crippen molar-refractivity contribution in [2.45, 2.75) is 24.3 Å². The van der Waals surface area contributed by atoms with E-state index in [4.69, 9.17) is 23.2 Å². The molecule has 1 aromatic rings. The maximum Gasteiger partial charge on any atom is 0.323 e. The van der Waals surface area contributed by atoms with Gasteiger partial charge in [0, 0.05) is 5.02 Å². The summed E-state index contributed by atoms with van der Waals surface area (Å²) in [6.07, 6.45) is 0.254. The first-order valence-electron chi connectivity index (χ1n) is 5.37. The molecule has 0 aliphatic rings. The Morgan fingerprint density at radius 3 is 2.58 bits per heavy atom. The van der Waals surface area contributed by atoms with Gasteiger partial charge in [0.2, 0.25) is 10.0 Å². The van der Waals surface area contributed by atoms with Gasteiger partial charge >= 0.3 is 5.97 Å². The minimum atomic E-state index is -3.95. The summed E-state index contributed by atoms with van der Waals surface area (Å²) < 4.78 is 31.0. The van der Waals surface area contributed by atoms with Crippen molar-refractivity contribution in [2.75, 3.05) is 7.11 Å². The number of halogens is 2. The molecule has 0 spiro atoms. The fourth-order valence-corrected chi connectivity index (χ4v) is 3.40. The number of sulfonamides is 1. The van der Waals surface area contributed by atoms with Gasteiger partial charge in [-0.05, 0) is 24.6 Å². The summed E-state index contributed by atoms with van der Waals surface area (Å²) in [5, 5.41) is 0.257. The third-order valence-corrected chi connectivity index (χ3v) is 4.56. The highest BCUT2D eigenvalue weighted by Crippen LogP contribution is 2.25. The molecule has 0 saturated carbocycles. The predicted molar refractivity (Wildman–Crippen MR) is 72.9 cm³/mol. The van der Waals surface area contributed by atoms with Gasteiger partial charge in [-0.25, -0.2) is 8.42 Å². The quantitative estimate of drug-likeness (QED) is 0.842. The van der Waals surface area contributed by atoms with Crippen LogP contribution in [-0.4, -0.2) is 27.5 Å². The minimum Gasteiger partial charge on any atom is -0.468 e. The van der Waals surface area contributed by atoms with Crippen molar-refractivity contribution >= 4 is 39.2 Å². The number of esters is 1. The van der Waals surface area contributed by atoms with E-state index >= 15 is 0 Å². The second kappa shape index (κ2) is 6.56. The molecular formula is C11H13Cl2NO4S. The topological polar surface area (TPSA) is 72.5 Å². The number of carbonyl (C=O) groups excluding carboxylic acids is 1. The number of benzene rings is 1. The maximum atomic E-state index is 12.1. The molecule has 1 N–H and O–H groups in total. The molecule has 0 aliphatic carbocycles. The van der Waals surface area contributed by atoms with Crippen molar-refractivity contribution in [3.05, 3.63) is 28.2 Å². The predicted octanol–water partition coefficient (Wildman–Crippen LogP) is 2.22. The van der Waals surface area contributed by atoms with Gasteiger partial charge in [0.1, 0.15) is 10.9 Å². The second-order valence-electron chi connectivity index (χ2n) is 3.68. The number of ether oxygens (including phenoxy) is 1. The van der Waals surface area contributed by atoms with Crippen LogP contribution in [0.1, 0.15) is 13.3 Å². The second-order valence-corrected chi connectivity index (χ2v) is 6.21. The van der Waals surface area contributed by atoms with Gasteiger partial charge in [-0.2, -0.15) is 4.72 Å². The molecule has 0 amide bonds. The SMILES string of the molecule is CCC(NS(=O)(=O)c1cc(Cl)ccc1Cl)C(=O)OC. The van der Waals surface area contributed by atoms with Crippen LogP contribution in [0.25, 0.3) is 0 Å². The standard InChI is InChI=1S/C11H13Cl2NO4S/c1-3-9(11(15)18-2)14-19(16,17)10-6-7(12)4-5-8(10)13/h4-6,9,14H,3H2,1-2H3. The Morgan fingerprint density at radius 1 is 1.42 bits per heavy atom. The molecule has 0 heterocycles. The summed E-state index contributed by atoms with van der Waals surface area (Å²) in [5.74, 6) is -0.663. The van der Waals surface area contributed by atoms with Crippen molar-refractivity contribution < 1.29 is 17.9 Å². The van der Waals surface area contributed by atoms with Crippen molar-refractivity contribution in [1.82, 2.24) is 4.72 Å². The van der Waals surface area contributed by atoms with E-state index in [1.54, 1.807) is 6.92 Å². The summed E-state index contributed by atoms with van der Waals surface area (Å²) in [7, 11) is -2.76. The van der Waals surface area contributed by atoms with Crippen molar-refractivity contribution in [1.29, 1.82) is 0 Å². The Kier molecular flexibility index (Phi) is 5.61. The van der Waals surface area contributed by atoms with Crippen molar-refractivity contribution in [2.24, 2.45) is 0 Å². The average Bonchev–Trinajstić information content (AvgIpc) is 2.37. The molecule has 0 radical (unpaired) electrons. The lowest BCUT2D eigenvalue weighted by atomic mass is 10.2. The zero-order chi connectivity index (χ0) is 14.6. The Morgan fingerprint density at radius 2 is 2.05 bits per heavy atom. The van der Waals surface area contributed by atoms with Crippen LogP contribution < -0.4 is 4.72 Å². The first-order chi connectivity index (χ1) is 8.81. The Labute approximate surface area is 121 Å². The smallest absolute Gasteiger partial charge is 0.323 e. The van der Waals surface area contributed by atoms with Gasteiger partial charge in [-0.3, -0.25) is 4.79 Å². The van der Waals surface area contributed by atoms with Crippen molar-refractivity contribution in [3.63, 3.8) is 0 Å². The molecule has 5 nitrogen and oxygen atoms in total. The maximum absolute atomic E-state index is 12.1. The highest BCUT2D eigenvalue weighted by molar-refractivity contribution is 7.89. The Bertz CT molecular complexity index is 574. The van der Waals surface area contributed by atoms with Crippen LogP contribution in [0.4, 0.5) is 0 Å². The molecule has 1 aromatic carbocycles. The summed E-state index contributed by atoms with van der Waals surface area (Å²) in [6, 6.07) is 3.10. The van der Waals surface area contributed by atoms with Crippen LogP contribution in [0.3, 0.4) is 0 Å². The number of hydrogen-bond acceptors (Lipinski definition) is 4. The normalized spacial score (nSPS) is 13.1. The number of nitrogens with one attached hydrogen (secondary N) is 1. The summed E-state index contributed by atoms with van der Waals surface area (Å²) in [6.45, 7) is 1.66. The zero-order valence-corrected chi connectivity index (χ0v) is 12.6. The fraction of sp³-hybridized carbons (Fsp3) is 0.364. The van der Waals surface area contributed by atoms with E-state index in [0.29, 0.717) is 0 Å². The number of carbonyl (C=O) groups is 1. The molecule has 1 atom stereocenters. The van der Waals surface area contributed by atoms with Gasteiger partial charge in [0.25, 0.3) is 0 Å². The van der Waals surface area contributed by atoms with Gasteiger partial charge in [-0.15, -0.1) is 0 Å². The third kappa shape index (κ3) is 4.07. The van der Waals surface area contributed by atoms with E-state index in [-0.39, 0.29) is 21.4 Å². The number of hydrogen-bond donors (Lipinski definition) is 1. The van der Waals surface area contributed by atoms with Crippen LogP contribution in [-0.2, 0) is 19.6 Å². The van der Waals surface area contributed by atoms with Gasteiger partial charge in [0.05, 0.1) is 12.1 Å². The number of rotatable bonds is 5. The molecular weight excluding hydrogens is 313 g/mol. The Hall–Kier alpha value is -0.820. The molecule has 8 heteroatoms. The van der Waals surface area contributed by atoms with Gasteiger partial charge in [0.15, 0.2) is 0 Å². The van der Waals surface area contributed by atoms with Gasteiger partial charge < -0.3 is 4.74 Å². The highest BCUT2D eigenvalue weighted by Gasteiger charge is 2.26. The monoisotopic (exact) mass is 325 g/mol. The average molecular weight is 326 g/mol. The van der Waals surface area contributed by atoms with E-state index in [1.165, 1.54) is 25.3 Å². The molecule has 0 aliphatic heterocycles. The van der Waals surface area contributed by atoms with Crippen molar-refractivity contribution in [3.8, 4) is 0 Å². The van der Waals surface area contributed by atoms with Crippen LogP contribution in [0.15, 0.2) is 23.1 Å². The van der Waals surface area contributed by atoms with Gasteiger partial charge in [-0.1, -0.05) is 30.1 Å². The van der Waals surface area contributed by atoms with E-state index in [0.717, 1.165) is 0 Å². The lowest BCUT2D eigenvalue weighted by molar-refractivity contribution is -0.142. The van der Waals surface area contributed by atoms with Crippen LogP contribution in [0.5, 0.6) is 0 Å². The molecule has 106 valence electrons. The first kappa shape index (κ1) is 16.2. The fourth-order valence-electron chi connectivity index (χ4n) is 1.37. The van der Waals surface area contributed by atoms with Crippen LogP contribution in [0.2, 0.25) is 10.0 Å². The van der Waals surface area contributed by atoms with E-state index in [2.05, 4.69) is 9.46 Å². The summed E-state index contributed by atoms with van der Waals surface area (Å²) in [4.78, 5) is 11.2. The molecule has 19 heavy (non-hydrogen) atoms. The van der Waals surface area contributed by atoms with Crippen LogP contribution in [0, 0.1) is 0 Å². The lowest BCUT2D eigenvalue weighted by Gasteiger charge is -2.15. The van der Waals surface area contributed by atoms with Crippen LogP contribution >= 0.6 is 23.2 Å². The molecule has 0 fully saturated rings. The first-order valence-corrected chi connectivity index (χ1v) is 7.61. The van der Waals surface area contributed by atoms with E-state index < -0.39 is 22.0 Å². The molecule has 1 unspecified atom stereocenters.